The van der Waals surface area contributed by atoms with Crippen molar-refractivity contribution in [1.29, 1.82) is 0 Å². The predicted molar refractivity (Wildman–Crippen MR) is 140 cm³/mol. The van der Waals surface area contributed by atoms with Crippen LogP contribution in [0.1, 0.15) is 92.9 Å². The zero-order valence-electron chi connectivity index (χ0n) is 23.2. The zero-order chi connectivity index (χ0) is 26.4. The fourth-order valence-electron chi connectivity index (χ4n) is 4.74. The summed E-state index contributed by atoms with van der Waals surface area (Å²) in [5.41, 5.74) is 1.06. The Morgan fingerprint density at radius 3 is 2.06 bits per heavy atom. The lowest BCUT2D eigenvalue weighted by Gasteiger charge is -2.40. The van der Waals surface area contributed by atoms with E-state index < -0.39 is 0 Å². The van der Waals surface area contributed by atoms with Crippen molar-refractivity contribution in [2.75, 3.05) is 26.4 Å². The van der Waals surface area contributed by atoms with Crippen LogP contribution in [0.2, 0.25) is 0 Å². The van der Waals surface area contributed by atoms with E-state index in [1.54, 1.807) is 13.8 Å². The van der Waals surface area contributed by atoms with Crippen LogP contribution in [-0.2, 0) is 28.5 Å². The second kappa shape index (κ2) is 16.2. The van der Waals surface area contributed by atoms with E-state index in [4.69, 9.17) is 18.9 Å². The van der Waals surface area contributed by atoms with Crippen molar-refractivity contribution >= 4 is 11.9 Å². The third kappa shape index (κ3) is 11.7. The van der Waals surface area contributed by atoms with Gasteiger partial charge in [-0.05, 0) is 76.0 Å². The minimum atomic E-state index is -0.362. The standard InChI is InChI=1S/C29H50O6/c1-9-25(32-17-19-34-27(30)21(2)3)15-13-23(6)29(7,8)24-11-10-12-26(16-14-24)33-18-20-35-28(31)22(4)5/h23-26H,2,4,9-20H2,1,3,5-8H3. The number of hydrogen-bond donors (Lipinski definition) is 0. The minimum Gasteiger partial charge on any atom is -0.460 e. The van der Waals surface area contributed by atoms with Gasteiger partial charge in [-0.15, -0.1) is 0 Å². The van der Waals surface area contributed by atoms with Crippen LogP contribution in [0.25, 0.3) is 0 Å². The van der Waals surface area contributed by atoms with Crippen molar-refractivity contribution in [3.8, 4) is 0 Å². The monoisotopic (exact) mass is 494 g/mol. The summed E-state index contributed by atoms with van der Waals surface area (Å²) in [5, 5.41) is 0. The summed E-state index contributed by atoms with van der Waals surface area (Å²) >= 11 is 0. The van der Waals surface area contributed by atoms with E-state index in [9.17, 15) is 9.59 Å². The highest BCUT2D eigenvalue weighted by Crippen LogP contribution is 2.44. The lowest BCUT2D eigenvalue weighted by Crippen LogP contribution is -2.32. The van der Waals surface area contributed by atoms with Crippen molar-refractivity contribution in [3.63, 3.8) is 0 Å². The molecule has 6 nitrogen and oxygen atoms in total. The first-order chi connectivity index (χ1) is 16.5. The van der Waals surface area contributed by atoms with Gasteiger partial charge in [-0.25, -0.2) is 9.59 Å². The molecule has 1 rings (SSSR count). The van der Waals surface area contributed by atoms with Gasteiger partial charge in [0, 0.05) is 11.1 Å². The van der Waals surface area contributed by atoms with Crippen molar-refractivity contribution in [3.05, 3.63) is 24.3 Å². The SMILES string of the molecule is C=C(C)C(=O)OCCOC(CC)CCC(C)C(C)(C)C1CCCC(OCCOC(=O)C(=C)C)CC1. The number of carbonyl (C=O) groups is 2. The number of carbonyl (C=O) groups excluding carboxylic acids is 2. The van der Waals surface area contributed by atoms with Crippen LogP contribution >= 0.6 is 0 Å². The lowest BCUT2D eigenvalue weighted by atomic mass is 9.66. The maximum Gasteiger partial charge on any atom is 0.333 e. The average molecular weight is 495 g/mol. The largest absolute Gasteiger partial charge is 0.460 e. The van der Waals surface area contributed by atoms with Gasteiger partial charge in [-0.3, -0.25) is 0 Å². The van der Waals surface area contributed by atoms with E-state index in [1.165, 1.54) is 12.8 Å². The second-order valence-electron chi connectivity index (χ2n) is 10.7. The number of rotatable bonds is 16. The zero-order valence-corrected chi connectivity index (χ0v) is 23.2. The molecule has 0 radical (unpaired) electrons. The maximum atomic E-state index is 11.5. The fourth-order valence-corrected chi connectivity index (χ4v) is 4.74. The van der Waals surface area contributed by atoms with Crippen LogP contribution in [0.3, 0.4) is 0 Å². The predicted octanol–water partition coefficient (Wildman–Crippen LogP) is 6.43. The molecule has 0 spiro atoms. The van der Waals surface area contributed by atoms with Crippen molar-refractivity contribution < 1.29 is 28.5 Å². The topological polar surface area (TPSA) is 71.1 Å². The van der Waals surface area contributed by atoms with Crippen LogP contribution in [0.15, 0.2) is 24.3 Å². The van der Waals surface area contributed by atoms with Crippen LogP contribution in [-0.4, -0.2) is 50.6 Å². The molecule has 0 N–H and O–H groups in total. The first kappa shape index (κ1) is 31.4. The second-order valence-corrected chi connectivity index (χ2v) is 10.7. The molecular formula is C29H50O6. The van der Waals surface area contributed by atoms with Gasteiger partial charge in [-0.1, -0.05) is 47.3 Å². The summed E-state index contributed by atoms with van der Waals surface area (Å²) in [6.07, 6.45) is 9.17. The van der Waals surface area contributed by atoms with E-state index in [2.05, 4.69) is 40.9 Å². The molecule has 202 valence electrons. The quantitative estimate of drug-likeness (QED) is 0.107. The molecule has 4 unspecified atom stereocenters. The molecule has 0 aliphatic heterocycles. The highest BCUT2D eigenvalue weighted by atomic mass is 16.6. The van der Waals surface area contributed by atoms with Gasteiger partial charge in [0.05, 0.1) is 25.4 Å². The summed E-state index contributed by atoms with van der Waals surface area (Å²) in [4.78, 5) is 23.0. The molecule has 0 saturated heterocycles. The molecule has 0 aromatic carbocycles. The van der Waals surface area contributed by atoms with Gasteiger partial charge >= 0.3 is 11.9 Å². The van der Waals surface area contributed by atoms with E-state index in [1.807, 2.05) is 0 Å². The van der Waals surface area contributed by atoms with Gasteiger partial charge in [-0.2, -0.15) is 0 Å². The highest BCUT2D eigenvalue weighted by Gasteiger charge is 2.36. The van der Waals surface area contributed by atoms with E-state index in [0.717, 1.165) is 38.5 Å². The maximum absolute atomic E-state index is 11.5. The summed E-state index contributed by atoms with van der Waals surface area (Å²) < 4.78 is 22.3. The Bertz CT molecular complexity index is 683. The Hall–Kier alpha value is -1.66. The Labute approximate surface area is 213 Å². The average Bonchev–Trinajstić information content (AvgIpc) is 3.06. The molecule has 1 fully saturated rings. The third-order valence-corrected chi connectivity index (χ3v) is 7.65. The van der Waals surface area contributed by atoms with Gasteiger partial charge in [0.2, 0.25) is 0 Å². The Kier molecular flexibility index (Phi) is 14.5. The van der Waals surface area contributed by atoms with Crippen LogP contribution in [0, 0.1) is 17.3 Å². The first-order valence-corrected chi connectivity index (χ1v) is 13.4. The summed E-state index contributed by atoms with van der Waals surface area (Å²) in [6, 6.07) is 0. The van der Waals surface area contributed by atoms with Gasteiger partial charge < -0.3 is 18.9 Å². The molecule has 35 heavy (non-hydrogen) atoms. The number of ether oxygens (including phenoxy) is 4. The van der Waals surface area contributed by atoms with Gasteiger partial charge in [0.1, 0.15) is 13.2 Å². The molecule has 0 heterocycles. The molecule has 6 heteroatoms. The van der Waals surface area contributed by atoms with E-state index in [-0.39, 0.29) is 42.8 Å². The molecular weight excluding hydrogens is 444 g/mol. The normalized spacial score (nSPS) is 20.4. The molecule has 0 bridgehead atoms. The van der Waals surface area contributed by atoms with Gasteiger partial charge in [0.15, 0.2) is 0 Å². The molecule has 4 atom stereocenters. The number of hydrogen-bond acceptors (Lipinski definition) is 6. The highest BCUT2D eigenvalue weighted by molar-refractivity contribution is 5.87. The summed E-state index contributed by atoms with van der Waals surface area (Å²) in [5.74, 6) is 0.520. The molecule has 0 aromatic heterocycles. The molecule has 1 aliphatic rings. The van der Waals surface area contributed by atoms with E-state index in [0.29, 0.717) is 36.2 Å². The van der Waals surface area contributed by atoms with Crippen molar-refractivity contribution in [1.82, 2.24) is 0 Å². The Balaban J connectivity index is 2.40. The van der Waals surface area contributed by atoms with Crippen LogP contribution in [0.5, 0.6) is 0 Å². The molecule has 1 aliphatic carbocycles. The number of esters is 2. The van der Waals surface area contributed by atoms with Gasteiger partial charge in [0.25, 0.3) is 0 Å². The minimum absolute atomic E-state index is 0.183. The fraction of sp³-hybridized carbons (Fsp3) is 0.793. The third-order valence-electron chi connectivity index (χ3n) is 7.65. The Morgan fingerprint density at radius 1 is 0.886 bits per heavy atom. The molecule has 0 aromatic rings. The summed E-state index contributed by atoms with van der Waals surface area (Å²) in [6.45, 7) is 21.2. The van der Waals surface area contributed by atoms with Crippen LogP contribution in [0.4, 0.5) is 0 Å². The van der Waals surface area contributed by atoms with Crippen molar-refractivity contribution in [2.24, 2.45) is 17.3 Å². The van der Waals surface area contributed by atoms with E-state index >= 15 is 0 Å². The first-order valence-electron chi connectivity index (χ1n) is 13.4. The molecule has 0 amide bonds. The molecule has 1 saturated carbocycles. The Morgan fingerprint density at radius 2 is 1.49 bits per heavy atom. The lowest BCUT2D eigenvalue weighted by molar-refractivity contribution is -0.142. The summed E-state index contributed by atoms with van der Waals surface area (Å²) in [7, 11) is 0. The van der Waals surface area contributed by atoms with Crippen molar-refractivity contribution in [2.45, 2.75) is 105 Å². The smallest absolute Gasteiger partial charge is 0.333 e. The van der Waals surface area contributed by atoms with Crippen LogP contribution < -0.4 is 0 Å².